The Morgan fingerprint density at radius 1 is 0.920 bits per heavy atom. The highest BCUT2D eigenvalue weighted by atomic mass is 16.5. The van der Waals surface area contributed by atoms with Gasteiger partial charge in [0.2, 0.25) is 5.91 Å². The number of methoxy groups -OCH3 is 1. The molecule has 134 valence electrons. The van der Waals surface area contributed by atoms with E-state index in [2.05, 4.69) is 10.6 Å². The maximum atomic E-state index is 11.9. The van der Waals surface area contributed by atoms with E-state index in [0.29, 0.717) is 19.8 Å². The summed E-state index contributed by atoms with van der Waals surface area (Å²) in [5, 5.41) is 5.86. The fourth-order valence-corrected chi connectivity index (χ4v) is 2.12. The summed E-state index contributed by atoms with van der Waals surface area (Å²) in [7, 11) is 1.62. The summed E-state index contributed by atoms with van der Waals surface area (Å²) in [6, 6.07) is 14.7. The van der Waals surface area contributed by atoms with Gasteiger partial charge in [0, 0.05) is 12.2 Å². The second-order valence-electron chi connectivity index (χ2n) is 5.21. The normalized spacial score (nSPS) is 10.2. The molecule has 6 heteroatoms. The minimum Gasteiger partial charge on any atom is -0.497 e. The SMILES string of the molecule is CCOc1ccc(NC(=O)CNCCOc2ccc(OC)cc2)cc1. The van der Waals surface area contributed by atoms with Crippen LogP contribution in [-0.2, 0) is 4.79 Å². The van der Waals surface area contributed by atoms with Gasteiger partial charge in [-0.05, 0) is 55.5 Å². The summed E-state index contributed by atoms with van der Waals surface area (Å²) < 4.78 is 16.0. The molecule has 25 heavy (non-hydrogen) atoms. The molecule has 0 heterocycles. The molecule has 0 aliphatic heterocycles. The van der Waals surface area contributed by atoms with Crippen molar-refractivity contribution in [1.82, 2.24) is 5.32 Å². The number of anilines is 1. The number of carbonyl (C=O) groups excluding carboxylic acids is 1. The van der Waals surface area contributed by atoms with E-state index in [0.717, 1.165) is 22.9 Å². The van der Waals surface area contributed by atoms with Crippen LogP contribution in [0.1, 0.15) is 6.92 Å². The highest BCUT2D eigenvalue weighted by Gasteiger charge is 2.02. The number of rotatable bonds is 10. The zero-order valence-corrected chi connectivity index (χ0v) is 14.6. The molecule has 0 fully saturated rings. The van der Waals surface area contributed by atoms with Gasteiger partial charge in [-0.2, -0.15) is 0 Å². The Labute approximate surface area is 148 Å². The Balaban J connectivity index is 1.61. The quantitative estimate of drug-likeness (QED) is 0.649. The maximum Gasteiger partial charge on any atom is 0.238 e. The second-order valence-corrected chi connectivity index (χ2v) is 5.21. The molecule has 0 unspecified atom stereocenters. The molecule has 0 atom stereocenters. The molecule has 6 nitrogen and oxygen atoms in total. The van der Waals surface area contributed by atoms with E-state index in [1.54, 1.807) is 7.11 Å². The van der Waals surface area contributed by atoms with Gasteiger partial charge in [0.25, 0.3) is 0 Å². The lowest BCUT2D eigenvalue weighted by Gasteiger charge is -2.09. The van der Waals surface area contributed by atoms with Crippen LogP contribution >= 0.6 is 0 Å². The summed E-state index contributed by atoms with van der Waals surface area (Å²) >= 11 is 0. The van der Waals surface area contributed by atoms with Crippen molar-refractivity contribution in [3.63, 3.8) is 0 Å². The lowest BCUT2D eigenvalue weighted by molar-refractivity contribution is -0.115. The monoisotopic (exact) mass is 344 g/mol. The first-order chi connectivity index (χ1) is 12.2. The van der Waals surface area contributed by atoms with Crippen LogP contribution in [0.25, 0.3) is 0 Å². The molecule has 0 saturated heterocycles. The predicted molar refractivity (Wildman–Crippen MR) is 97.6 cm³/mol. The van der Waals surface area contributed by atoms with Gasteiger partial charge in [0.05, 0.1) is 20.3 Å². The molecule has 0 radical (unpaired) electrons. The Hall–Kier alpha value is -2.73. The molecule has 2 aromatic carbocycles. The third kappa shape index (κ3) is 6.73. The van der Waals surface area contributed by atoms with Crippen LogP contribution in [0.15, 0.2) is 48.5 Å². The number of hydrogen-bond acceptors (Lipinski definition) is 5. The van der Waals surface area contributed by atoms with Crippen molar-refractivity contribution in [2.75, 3.05) is 38.7 Å². The van der Waals surface area contributed by atoms with Gasteiger partial charge in [0.15, 0.2) is 0 Å². The molecule has 1 amide bonds. The second kappa shape index (κ2) is 10.2. The van der Waals surface area contributed by atoms with Crippen LogP contribution < -0.4 is 24.8 Å². The fourth-order valence-electron chi connectivity index (χ4n) is 2.12. The molecule has 0 spiro atoms. The zero-order valence-electron chi connectivity index (χ0n) is 14.6. The van der Waals surface area contributed by atoms with E-state index < -0.39 is 0 Å². The van der Waals surface area contributed by atoms with Crippen molar-refractivity contribution >= 4 is 11.6 Å². The first-order valence-corrected chi connectivity index (χ1v) is 8.21. The Morgan fingerprint density at radius 2 is 1.52 bits per heavy atom. The number of amides is 1. The van der Waals surface area contributed by atoms with Gasteiger partial charge in [-0.15, -0.1) is 0 Å². The molecule has 2 aromatic rings. The van der Waals surface area contributed by atoms with Gasteiger partial charge in [-0.3, -0.25) is 4.79 Å². The minimum absolute atomic E-state index is 0.103. The molecular weight excluding hydrogens is 320 g/mol. The molecule has 0 aromatic heterocycles. The third-order valence-corrected chi connectivity index (χ3v) is 3.34. The topological polar surface area (TPSA) is 68.8 Å². The van der Waals surface area contributed by atoms with E-state index >= 15 is 0 Å². The van der Waals surface area contributed by atoms with E-state index in [1.807, 2.05) is 55.5 Å². The molecule has 0 saturated carbocycles. The number of ether oxygens (including phenoxy) is 3. The summed E-state index contributed by atoms with van der Waals surface area (Å²) in [5.74, 6) is 2.24. The van der Waals surface area contributed by atoms with E-state index in [9.17, 15) is 4.79 Å². The van der Waals surface area contributed by atoms with Crippen LogP contribution in [0.4, 0.5) is 5.69 Å². The summed E-state index contributed by atoms with van der Waals surface area (Å²) in [4.78, 5) is 11.9. The molecule has 0 aliphatic rings. The molecule has 0 aliphatic carbocycles. The van der Waals surface area contributed by atoms with Gasteiger partial charge in [0.1, 0.15) is 23.9 Å². The molecule has 2 rings (SSSR count). The van der Waals surface area contributed by atoms with Crippen molar-refractivity contribution < 1.29 is 19.0 Å². The average molecular weight is 344 g/mol. The lowest BCUT2D eigenvalue weighted by atomic mass is 10.3. The fraction of sp³-hybridized carbons (Fsp3) is 0.316. The minimum atomic E-state index is -0.103. The van der Waals surface area contributed by atoms with E-state index in [4.69, 9.17) is 14.2 Å². The number of benzene rings is 2. The van der Waals surface area contributed by atoms with Gasteiger partial charge >= 0.3 is 0 Å². The summed E-state index contributed by atoms with van der Waals surface area (Å²) in [5.41, 5.74) is 0.740. The van der Waals surface area contributed by atoms with Crippen molar-refractivity contribution in [1.29, 1.82) is 0 Å². The van der Waals surface area contributed by atoms with Gasteiger partial charge in [-0.1, -0.05) is 0 Å². The number of carbonyl (C=O) groups is 1. The van der Waals surface area contributed by atoms with Crippen molar-refractivity contribution in [2.24, 2.45) is 0 Å². The maximum absolute atomic E-state index is 11.9. The predicted octanol–water partition coefficient (Wildman–Crippen LogP) is 2.70. The Morgan fingerprint density at radius 3 is 2.16 bits per heavy atom. The zero-order chi connectivity index (χ0) is 17.9. The Kier molecular flexibility index (Phi) is 7.59. The first kappa shape index (κ1) is 18.6. The van der Waals surface area contributed by atoms with Gasteiger partial charge in [-0.25, -0.2) is 0 Å². The first-order valence-electron chi connectivity index (χ1n) is 8.21. The van der Waals surface area contributed by atoms with Crippen molar-refractivity contribution in [3.8, 4) is 17.2 Å². The third-order valence-electron chi connectivity index (χ3n) is 3.34. The molecule has 0 bridgehead atoms. The van der Waals surface area contributed by atoms with Crippen LogP contribution in [0.5, 0.6) is 17.2 Å². The van der Waals surface area contributed by atoms with Crippen molar-refractivity contribution in [2.45, 2.75) is 6.92 Å². The van der Waals surface area contributed by atoms with Crippen LogP contribution in [0, 0.1) is 0 Å². The van der Waals surface area contributed by atoms with E-state index in [1.165, 1.54) is 0 Å². The number of hydrogen-bond donors (Lipinski definition) is 2. The van der Waals surface area contributed by atoms with Gasteiger partial charge < -0.3 is 24.8 Å². The van der Waals surface area contributed by atoms with Crippen LogP contribution in [-0.4, -0.2) is 39.3 Å². The molecule has 2 N–H and O–H groups in total. The standard InChI is InChI=1S/C19H24N2O4/c1-3-24-17-6-4-15(5-7-17)21-19(22)14-20-12-13-25-18-10-8-16(23-2)9-11-18/h4-11,20H,3,12-14H2,1-2H3,(H,21,22). The highest BCUT2D eigenvalue weighted by Crippen LogP contribution is 2.17. The number of nitrogens with one attached hydrogen (secondary N) is 2. The largest absolute Gasteiger partial charge is 0.497 e. The average Bonchev–Trinajstić information content (AvgIpc) is 2.64. The van der Waals surface area contributed by atoms with Crippen LogP contribution in [0.2, 0.25) is 0 Å². The summed E-state index contributed by atoms with van der Waals surface area (Å²) in [6.45, 7) is 3.82. The highest BCUT2D eigenvalue weighted by molar-refractivity contribution is 5.92. The lowest BCUT2D eigenvalue weighted by Crippen LogP contribution is -2.31. The van der Waals surface area contributed by atoms with Crippen LogP contribution in [0.3, 0.4) is 0 Å². The molecular formula is C19H24N2O4. The van der Waals surface area contributed by atoms with E-state index in [-0.39, 0.29) is 12.5 Å². The smallest absolute Gasteiger partial charge is 0.238 e. The summed E-state index contributed by atoms with van der Waals surface area (Å²) in [6.07, 6.45) is 0. The Bertz CT molecular complexity index is 641. The van der Waals surface area contributed by atoms with Crippen molar-refractivity contribution in [3.05, 3.63) is 48.5 Å².